The smallest absolute Gasteiger partial charge is 0.321 e. The fourth-order valence-electron chi connectivity index (χ4n) is 5.40. The molecule has 2 amide bonds. The molecular weight excluding hydrogens is 512 g/mol. The summed E-state index contributed by atoms with van der Waals surface area (Å²) in [7, 11) is 0. The van der Waals surface area contributed by atoms with Crippen LogP contribution in [-0.2, 0) is 12.0 Å². The number of aliphatic imine (C=N–C) groups is 1. The number of nitrogens with two attached hydrogens (primary N) is 1. The van der Waals surface area contributed by atoms with Gasteiger partial charge in [0.15, 0.2) is 5.82 Å². The SMILES string of the molecule is NC1(c2ccccc2)CCN(C(=O)Nc2ccc3cc2CCC2C=NC=C(C2)Nc2ncc(Cl)c(n2)N3)CC1. The van der Waals surface area contributed by atoms with Crippen LogP contribution in [0.1, 0.15) is 36.8 Å². The van der Waals surface area contributed by atoms with E-state index in [1.54, 1.807) is 12.4 Å². The van der Waals surface area contributed by atoms with Gasteiger partial charge in [0.2, 0.25) is 5.95 Å². The first-order valence-corrected chi connectivity index (χ1v) is 13.7. The Labute approximate surface area is 232 Å². The standard InChI is InChI=1S/C29H31ClN8O/c30-24-18-33-27-35-23-14-19(16-32-17-23)6-7-20-15-22(34-26(24)37-27)8-9-25(20)36-28(39)38-12-10-29(31,11-13-38)21-4-2-1-3-5-21/h1-5,8-9,15-19H,6-7,10-14,31H2,(H,36,39)(H2,33,34,35,37). The summed E-state index contributed by atoms with van der Waals surface area (Å²) in [4.78, 5) is 28.5. The molecule has 3 aliphatic rings. The monoisotopic (exact) mass is 542 g/mol. The molecule has 1 saturated heterocycles. The van der Waals surface area contributed by atoms with E-state index < -0.39 is 5.54 Å². The minimum Gasteiger partial charge on any atom is -0.339 e. The number of piperidine rings is 1. The van der Waals surface area contributed by atoms with E-state index in [1.807, 2.05) is 47.5 Å². The summed E-state index contributed by atoms with van der Waals surface area (Å²) in [5, 5.41) is 10.2. The molecule has 6 rings (SSSR count). The predicted molar refractivity (Wildman–Crippen MR) is 156 cm³/mol. The number of rotatable bonds is 2. The van der Waals surface area contributed by atoms with Crippen LogP contribution in [0.15, 0.2) is 71.6 Å². The summed E-state index contributed by atoms with van der Waals surface area (Å²) in [5.41, 5.74) is 11.1. The first-order valence-electron chi connectivity index (χ1n) is 13.3. The number of urea groups is 1. The fraction of sp³-hybridized carbons (Fsp3) is 0.310. The van der Waals surface area contributed by atoms with Gasteiger partial charge in [0.05, 0.1) is 6.20 Å². The first-order chi connectivity index (χ1) is 18.9. The van der Waals surface area contributed by atoms with Crippen LogP contribution in [0.4, 0.5) is 27.9 Å². The van der Waals surface area contributed by atoms with Crippen molar-refractivity contribution in [3.05, 3.63) is 82.8 Å². The molecule has 1 unspecified atom stereocenters. The van der Waals surface area contributed by atoms with Crippen molar-refractivity contribution in [3.8, 4) is 0 Å². The lowest BCUT2D eigenvalue weighted by atomic mass is 9.82. The largest absolute Gasteiger partial charge is 0.339 e. The van der Waals surface area contributed by atoms with Crippen molar-refractivity contribution in [2.45, 2.75) is 37.6 Å². The minimum atomic E-state index is -0.411. The van der Waals surface area contributed by atoms with Crippen LogP contribution >= 0.6 is 11.6 Å². The van der Waals surface area contributed by atoms with Crippen LogP contribution in [0.25, 0.3) is 0 Å². The number of anilines is 4. The lowest BCUT2D eigenvalue weighted by molar-refractivity contribution is 0.170. The molecule has 1 fully saturated rings. The number of likely N-dealkylation sites (tertiary alicyclic amines) is 1. The van der Waals surface area contributed by atoms with E-state index in [0.29, 0.717) is 42.7 Å². The van der Waals surface area contributed by atoms with Gasteiger partial charge in [-0.25, -0.2) is 9.78 Å². The normalized spacial score (nSPS) is 19.8. The molecule has 2 aromatic carbocycles. The van der Waals surface area contributed by atoms with E-state index in [2.05, 4.69) is 43.0 Å². The minimum absolute atomic E-state index is 0.109. The number of aryl methyl sites for hydroxylation is 1. The van der Waals surface area contributed by atoms with Crippen molar-refractivity contribution in [2.24, 2.45) is 16.6 Å². The molecule has 9 nitrogen and oxygen atoms in total. The second kappa shape index (κ2) is 10.7. The highest BCUT2D eigenvalue weighted by atomic mass is 35.5. The molecule has 4 heterocycles. The van der Waals surface area contributed by atoms with Gasteiger partial charge >= 0.3 is 6.03 Å². The molecule has 3 aromatic rings. The Hall–Kier alpha value is -3.95. The van der Waals surface area contributed by atoms with Crippen molar-refractivity contribution >= 4 is 47.0 Å². The van der Waals surface area contributed by atoms with E-state index in [1.165, 1.54) is 0 Å². The third-order valence-electron chi connectivity index (χ3n) is 7.71. The van der Waals surface area contributed by atoms with Gasteiger partial charge in [0.1, 0.15) is 5.02 Å². The van der Waals surface area contributed by atoms with Crippen LogP contribution < -0.4 is 21.7 Å². The van der Waals surface area contributed by atoms with E-state index in [9.17, 15) is 4.79 Å². The van der Waals surface area contributed by atoms with Gasteiger partial charge in [-0.2, -0.15) is 4.98 Å². The van der Waals surface area contributed by atoms with Gasteiger partial charge in [-0.15, -0.1) is 0 Å². The van der Waals surface area contributed by atoms with Crippen LogP contribution in [0.3, 0.4) is 0 Å². The van der Waals surface area contributed by atoms with Crippen molar-refractivity contribution in [1.29, 1.82) is 0 Å². The molecule has 3 aliphatic heterocycles. The highest BCUT2D eigenvalue weighted by Crippen LogP contribution is 2.33. The van der Waals surface area contributed by atoms with Crippen LogP contribution in [0.2, 0.25) is 5.02 Å². The number of halogens is 1. The highest BCUT2D eigenvalue weighted by molar-refractivity contribution is 6.32. The maximum atomic E-state index is 13.3. The Balaban J connectivity index is 1.21. The summed E-state index contributed by atoms with van der Waals surface area (Å²) in [6.45, 7) is 1.20. The zero-order valence-electron chi connectivity index (χ0n) is 21.5. The summed E-state index contributed by atoms with van der Waals surface area (Å²) >= 11 is 6.39. The number of nitrogens with zero attached hydrogens (tertiary/aromatic N) is 4. The molecule has 39 heavy (non-hydrogen) atoms. The first kappa shape index (κ1) is 25.3. The topological polar surface area (TPSA) is 121 Å². The van der Waals surface area contributed by atoms with E-state index in [4.69, 9.17) is 17.3 Å². The van der Waals surface area contributed by atoms with Crippen molar-refractivity contribution in [1.82, 2.24) is 14.9 Å². The Morgan fingerprint density at radius 1 is 1.13 bits per heavy atom. The third-order valence-corrected chi connectivity index (χ3v) is 7.99. The average Bonchev–Trinajstić information content (AvgIpc) is 2.96. The second-order valence-corrected chi connectivity index (χ2v) is 10.8. The molecule has 0 radical (unpaired) electrons. The molecular formula is C29H31ClN8O. The molecule has 0 aliphatic carbocycles. The van der Waals surface area contributed by atoms with Gasteiger partial charge in [-0.05, 0) is 61.4 Å². The molecule has 1 aromatic heterocycles. The van der Waals surface area contributed by atoms with E-state index >= 15 is 0 Å². The molecule has 0 spiro atoms. The number of fused-ring (bicyclic) bond motifs is 6. The van der Waals surface area contributed by atoms with Gasteiger partial charge < -0.3 is 26.6 Å². The van der Waals surface area contributed by atoms with Gasteiger partial charge in [-0.1, -0.05) is 41.9 Å². The Morgan fingerprint density at radius 3 is 2.77 bits per heavy atom. The number of hydrogen-bond donors (Lipinski definition) is 4. The third kappa shape index (κ3) is 5.60. The second-order valence-electron chi connectivity index (χ2n) is 10.4. The van der Waals surface area contributed by atoms with Crippen LogP contribution in [0.5, 0.6) is 0 Å². The zero-order chi connectivity index (χ0) is 26.8. The van der Waals surface area contributed by atoms with Crippen LogP contribution in [-0.4, -0.2) is 40.2 Å². The summed E-state index contributed by atoms with van der Waals surface area (Å²) in [5.74, 6) is 1.22. The number of aromatic nitrogens is 2. The Kier molecular flexibility index (Phi) is 6.93. The van der Waals surface area contributed by atoms with Crippen molar-refractivity contribution < 1.29 is 4.79 Å². The lowest BCUT2D eigenvalue weighted by Gasteiger charge is -2.39. The van der Waals surface area contributed by atoms with Gasteiger partial charge in [-0.3, -0.25) is 4.99 Å². The molecule has 5 N–H and O–H groups in total. The van der Waals surface area contributed by atoms with Crippen molar-refractivity contribution in [3.63, 3.8) is 0 Å². The number of carbonyl (C=O) groups is 1. The maximum absolute atomic E-state index is 13.3. The molecule has 6 bridgehead atoms. The number of carbonyl (C=O) groups excluding carboxylic acids is 1. The van der Waals surface area contributed by atoms with Crippen LogP contribution in [0, 0.1) is 5.92 Å². The predicted octanol–water partition coefficient (Wildman–Crippen LogP) is 5.65. The van der Waals surface area contributed by atoms with Crippen molar-refractivity contribution in [2.75, 3.05) is 29.0 Å². The molecule has 0 saturated carbocycles. The van der Waals surface area contributed by atoms with E-state index in [-0.39, 0.29) is 11.9 Å². The zero-order valence-corrected chi connectivity index (χ0v) is 22.3. The molecule has 10 heteroatoms. The Bertz CT molecular complexity index is 1430. The highest BCUT2D eigenvalue weighted by Gasteiger charge is 2.34. The average molecular weight is 543 g/mol. The summed E-state index contributed by atoms with van der Waals surface area (Å²) in [6.07, 6.45) is 9.24. The quantitative estimate of drug-likeness (QED) is 0.332. The molecule has 1 atom stereocenters. The number of allylic oxidation sites excluding steroid dienone is 1. The Morgan fingerprint density at radius 2 is 1.95 bits per heavy atom. The number of amides is 2. The van der Waals surface area contributed by atoms with Gasteiger partial charge in [0.25, 0.3) is 0 Å². The van der Waals surface area contributed by atoms with Gasteiger partial charge in [0, 0.05) is 54.0 Å². The number of hydrogen-bond acceptors (Lipinski definition) is 7. The lowest BCUT2D eigenvalue weighted by Crippen LogP contribution is -2.50. The summed E-state index contributed by atoms with van der Waals surface area (Å²) in [6, 6.07) is 16.0. The fourth-order valence-corrected chi connectivity index (χ4v) is 5.54. The van der Waals surface area contributed by atoms with E-state index in [0.717, 1.165) is 47.5 Å². The maximum Gasteiger partial charge on any atom is 0.321 e. The summed E-state index contributed by atoms with van der Waals surface area (Å²) < 4.78 is 0. The molecule has 200 valence electrons. The number of benzene rings is 2. The number of nitrogens with one attached hydrogen (secondary N) is 3.